The van der Waals surface area contributed by atoms with Crippen LogP contribution in [-0.2, 0) is 0 Å². The third-order valence-electron chi connectivity index (χ3n) is 3.48. The van der Waals surface area contributed by atoms with Crippen LogP contribution in [0.1, 0.15) is 30.9 Å². The van der Waals surface area contributed by atoms with Gasteiger partial charge in [-0.25, -0.2) is 0 Å². The molecule has 2 heteroatoms. The second-order valence-electron chi connectivity index (χ2n) is 4.96. The zero-order chi connectivity index (χ0) is 12.4. The third kappa shape index (κ3) is 2.18. The molecule has 2 N–H and O–H groups in total. The molecule has 0 spiro atoms. The number of para-hydroxylation sites is 1. The van der Waals surface area contributed by atoms with Gasteiger partial charge in [-0.3, -0.25) is 4.98 Å². The fourth-order valence-corrected chi connectivity index (χ4v) is 2.39. The number of aromatic nitrogens is 1. The number of benzene rings is 1. The minimum Gasteiger partial charge on any atom is -0.330 e. The van der Waals surface area contributed by atoms with Gasteiger partial charge in [0.05, 0.1) is 5.52 Å². The first-order valence-corrected chi connectivity index (χ1v) is 6.19. The summed E-state index contributed by atoms with van der Waals surface area (Å²) in [7, 11) is 0. The molecule has 1 atom stereocenters. The maximum atomic E-state index is 5.91. The number of aryl methyl sites for hydroxylation is 1. The van der Waals surface area contributed by atoms with Crippen LogP contribution in [0.2, 0.25) is 0 Å². The predicted molar refractivity (Wildman–Crippen MR) is 73.1 cm³/mol. The normalized spacial score (nSPS) is 13.2. The highest BCUT2D eigenvalue weighted by Crippen LogP contribution is 2.29. The summed E-state index contributed by atoms with van der Waals surface area (Å²) in [6, 6.07) is 8.46. The molecule has 0 bridgehead atoms. The molecule has 2 nitrogen and oxygen atoms in total. The number of pyridine rings is 1. The molecule has 1 aromatic carbocycles. The fraction of sp³-hybridized carbons (Fsp3) is 0.400. The number of nitrogens with zero attached hydrogens (tertiary/aromatic N) is 1. The van der Waals surface area contributed by atoms with Crippen LogP contribution in [0.15, 0.2) is 30.5 Å². The summed E-state index contributed by atoms with van der Waals surface area (Å²) in [6.45, 7) is 7.23. The van der Waals surface area contributed by atoms with E-state index >= 15 is 0 Å². The number of rotatable bonds is 3. The van der Waals surface area contributed by atoms with Crippen molar-refractivity contribution in [2.75, 3.05) is 6.54 Å². The fourth-order valence-electron chi connectivity index (χ4n) is 2.39. The molecule has 2 rings (SSSR count). The molecular weight excluding hydrogens is 208 g/mol. The second kappa shape index (κ2) is 4.84. The molecule has 17 heavy (non-hydrogen) atoms. The summed E-state index contributed by atoms with van der Waals surface area (Å²) in [5.74, 6) is 0.918. The number of nitrogens with two attached hydrogens (primary N) is 1. The molecule has 0 fully saturated rings. The maximum absolute atomic E-state index is 5.91. The van der Waals surface area contributed by atoms with Gasteiger partial charge in [0.15, 0.2) is 0 Å². The Labute approximate surface area is 103 Å². The molecule has 0 saturated heterocycles. The van der Waals surface area contributed by atoms with Crippen LogP contribution in [0.25, 0.3) is 10.9 Å². The quantitative estimate of drug-likeness (QED) is 0.876. The van der Waals surface area contributed by atoms with E-state index < -0.39 is 0 Å². The first-order chi connectivity index (χ1) is 8.15. The van der Waals surface area contributed by atoms with Crippen molar-refractivity contribution in [1.29, 1.82) is 0 Å². The largest absolute Gasteiger partial charge is 0.330 e. The molecule has 0 aliphatic heterocycles. The zero-order valence-corrected chi connectivity index (χ0v) is 10.8. The number of fused-ring (bicyclic) bond motifs is 1. The van der Waals surface area contributed by atoms with Crippen LogP contribution in [0.3, 0.4) is 0 Å². The Morgan fingerprint density at radius 3 is 2.65 bits per heavy atom. The summed E-state index contributed by atoms with van der Waals surface area (Å²) >= 11 is 0. The van der Waals surface area contributed by atoms with E-state index in [2.05, 4.69) is 50.0 Å². The van der Waals surface area contributed by atoms with E-state index in [4.69, 9.17) is 5.73 Å². The van der Waals surface area contributed by atoms with Gasteiger partial charge in [-0.2, -0.15) is 0 Å². The smallest absolute Gasteiger partial charge is 0.0739 e. The summed E-state index contributed by atoms with van der Waals surface area (Å²) in [5.41, 5.74) is 9.57. The van der Waals surface area contributed by atoms with Gasteiger partial charge in [-0.15, -0.1) is 0 Å². The minimum atomic E-state index is 0.382. The van der Waals surface area contributed by atoms with Crippen molar-refractivity contribution in [2.24, 2.45) is 11.7 Å². The Morgan fingerprint density at radius 2 is 2.00 bits per heavy atom. The standard InChI is InChI=1S/C15H20N2/c1-10(2)14(9-16)13-6-4-5-12-11(3)7-8-17-15(12)13/h4-8,10,14H,9,16H2,1-3H3. The van der Waals surface area contributed by atoms with E-state index in [1.54, 1.807) is 0 Å². The van der Waals surface area contributed by atoms with Crippen molar-refractivity contribution in [1.82, 2.24) is 4.98 Å². The molecule has 1 aromatic heterocycles. The van der Waals surface area contributed by atoms with Gasteiger partial charge >= 0.3 is 0 Å². The van der Waals surface area contributed by atoms with Crippen molar-refractivity contribution in [3.63, 3.8) is 0 Å². The van der Waals surface area contributed by atoms with E-state index in [0.29, 0.717) is 18.4 Å². The van der Waals surface area contributed by atoms with E-state index in [9.17, 15) is 0 Å². The minimum absolute atomic E-state index is 0.382. The van der Waals surface area contributed by atoms with Gasteiger partial charge < -0.3 is 5.73 Å². The summed E-state index contributed by atoms with van der Waals surface area (Å²) < 4.78 is 0. The third-order valence-corrected chi connectivity index (χ3v) is 3.48. The Hall–Kier alpha value is -1.41. The molecule has 90 valence electrons. The molecular formula is C15H20N2. The average molecular weight is 228 g/mol. The van der Waals surface area contributed by atoms with E-state index in [1.165, 1.54) is 16.5 Å². The Morgan fingerprint density at radius 1 is 1.24 bits per heavy atom. The Balaban J connectivity index is 2.65. The van der Waals surface area contributed by atoms with Crippen LogP contribution >= 0.6 is 0 Å². The maximum Gasteiger partial charge on any atom is 0.0739 e. The van der Waals surface area contributed by atoms with Crippen LogP contribution in [-0.4, -0.2) is 11.5 Å². The monoisotopic (exact) mass is 228 g/mol. The lowest BCUT2D eigenvalue weighted by Crippen LogP contribution is -2.18. The lowest BCUT2D eigenvalue weighted by atomic mass is 9.87. The first kappa shape index (κ1) is 12.1. The molecule has 0 radical (unpaired) electrons. The van der Waals surface area contributed by atoms with E-state index in [0.717, 1.165) is 5.52 Å². The average Bonchev–Trinajstić information content (AvgIpc) is 2.31. The lowest BCUT2D eigenvalue weighted by molar-refractivity contribution is 0.508. The second-order valence-corrected chi connectivity index (χ2v) is 4.96. The van der Waals surface area contributed by atoms with Gasteiger partial charge in [0.2, 0.25) is 0 Å². The number of hydrogen-bond acceptors (Lipinski definition) is 2. The zero-order valence-electron chi connectivity index (χ0n) is 10.8. The van der Waals surface area contributed by atoms with E-state index in [-0.39, 0.29) is 0 Å². The number of hydrogen-bond donors (Lipinski definition) is 1. The van der Waals surface area contributed by atoms with Crippen molar-refractivity contribution in [2.45, 2.75) is 26.7 Å². The van der Waals surface area contributed by atoms with Gasteiger partial charge in [0.25, 0.3) is 0 Å². The molecule has 0 amide bonds. The van der Waals surface area contributed by atoms with Crippen molar-refractivity contribution in [3.05, 3.63) is 41.6 Å². The Bertz CT molecular complexity index is 517. The summed E-state index contributed by atoms with van der Waals surface area (Å²) in [4.78, 5) is 4.54. The first-order valence-electron chi connectivity index (χ1n) is 6.19. The Kier molecular flexibility index (Phi) is 3.43. The molecule has 1 unspecified atom stereocenters. The summed E-state index contributed by atoms with van der Waals surface area (Å²) in [5, 5.41) is 1.24. The van der Waals surface area contributed by atoms with Gasteiger partial charge in [0, 0.05) is 17.5 Å². The molecule has 0 aliphatic carbocycles. The summed E-state index contributed by atoms with van der Waals surface area (Å²) in [6.07, 6.45) is 1.88. The van der Waals surface area contributed by atoms with Crippen LogP contribution in [0.5, 0.6) is 0 Å². The van der Waals surface area contributed by atoms with Crippen LogP contribution in [0, 0.1) is 12.8 Å². The van der Waals surface area contributed by atoms with Crippen molar-refractivity contribution in [3.8, 4) is 0 Å². The molecule has 0 saturated carbocycles. The van der Waals surface area contributed by atoms with Crippen LogP contribution < -0.4 is 5.73 Å². The molecule has 2 aromatic rings. The SMILES string of the molecule is Cc1ccnc2c(C(CN)C(C)C)cccc12. The molecule has 0 aliphatic rings. The molecule has 1 heterocycles. The predicted octanol–water partition coefficient (Wildman–Crippen LogP) is 3.24. The highest BCUT2D eigenvalue weighted by Gasteiger charge is 2.17. The highest BCUT2D eigenvalue weighted by atomic mass is 14.7. The highest BCUT2D eigenvalue weighted by molar-refractivity contribution is 5.85. The van der Waals surface area contributed by atoms with Crippen molar-refractivity contribution < 1.29 is 0 Å². The van der Waals surface area contributed by atoms with Crippen molar-refractivity contribution >= 4 is 10.9 Å². The van der Waals surface area contributed by atoms with Gasteiger partial charge in [-0.1, -0.05) is 32.0 Å². The lowest BCUT2D eigenvalue weighted by Gasteiger charge is -2.20. The van der Waals surface area contributed by atoms with E-state index in [1.807, 2.05) is 6.20 Å². The van der Waals surface area contributed by atoms with Crippen LogP contribution in [0.4, 0.5) is 0 Å². The topological polar surface area (TPSA) is 38.9 Å². The van der Waals surface area contributed by atoms with Gasteiger partial charge in [0.1, 0.15) is 0 Å². The van der Waals surface area contributed by atoms with Gasteiger partial charge in [-0.05, 0) is 36.6 Å².